The summed E-state index contributed by atoms with van der Waals surface area (Å²) in [6.45, 7) is 13.1. The molecule has 0 radical (unpaired) electrons. The van der Waals surface area contributed by atoms with Crippen LogP contribution in [0.15, 0.2) is 58.5 Å². The zero-order valence-electron chi connectivity index (χ0n) is 23.8. The van der Waals surface area contributed by atoms with Crippen molar-refractivity contribution in [3.05, 3.63) is 58.5 Å². The molecule has 2 aliphatic rings. The number of allylic oxidation sites excluding steroid dienone is 5. The van der Waals surface area contributed by atoms with E-state index in [0.29, 0.717) is 12.0 Å². The second-order valence-corrected chi connectivity index (χ2v) is 10.7. The topological polar surface area (TPSA) is 125 Å². The first-order valence-corrected chi connectivity index (χ1v) is 13.1. The SMILES string of the molecule is CO[C@H]1C[C@H](C)CC2=C(N)C(=O)C=C(NC(=O)/C(C)=C/C=C\[C@H](C)[C@@H](OC(C)=O)/C(C)=C/[C@H](C)[C@H]1C)C2=O. The number of hydrogen-bond acceptors (Lipinski definition) is 7. The Morgan fingerprint density at radius 1 is 1.08 bits per heavy atom. The molecule has 0 unspecified atom stereocenters. The average molecular weight is 527 g/mol. The molecule has 1 aliphatic heterocycles. The summed E-state index contributed by atoms with van der Waals surface area (Å²) in [5, 5.41) is 2.57. The molecular formula is C30H42N2O6. The highest BCUT2D eigenvalue weighted by Crippen LogP contribution is 2.30. The molecule has 0 aromatic heterocycles. The molecule has 38 heavy (non-hydrogen) atoms. The van der Waals surface area contributed by atoms with E-state index in [0.717, 1.165) is 11.6 Å². The van der Waals surface area contributed by atoms with E-state index in [1.807, 2.05) is 26.8 Å². The molecule has 208 valence electrons. The molecule has 0 saturated carbocycles. The Kier molecular flexibility index (Phi) is 11.0. The summed E-state index contributed by atoms with van der Waals surface area (Å²) >= 11 is 0. The maximum atomic E-state index is 13.2. The third-order valence-corrected chi connectivity index (χ3v) is 7.40. The van der Waals surface area contributed by atoms with E-state index in [1.54, 1.807) is 26.2 Å². The van der Waals surface area contributed by atoms with Crippen molar-refractivity contribution >= 4 is 23.4 Å². The van der Waals surface area contributed by atoms with Crippen molar-refractivity contribution in [1.29, 1.82) is 0 Å². The predicted octanol–water partition coefficient (Wildman–Crippen LogP) is 4.08. The lowest BCUT2D eigenvalue weighted by molar-refractivity contribution is -0.146. The standard InChI is InChI=1S/C30H42N2O6/c1-16-12-23-27(31)25(34)15-24(28(23)35)32-30(36)18(3)11-9-10-17(2)29(38-22(7)33)20(5)14-19(4)21(6)26(13-16)37-8/h9-11,14-17,19,21,26,29H,12-13,31H2,1-8H3,(H,32,36)/b10-9-,18-11+,20-14+/t16-,17+,19+,21-,26+,29-/m1/s1. The number of rotatable bonds is 2. The molecule has 2 rings (SSSR count). The van der Waals surface area contributed by atoms with Crippen molar-refractivity contribution in [2.45, 2.75) is 73.5 Å². The molecule has 0 aromatic rings. The largest absolute Gasteiger partial charge is 0.457 e. The van der Waals surface area contributed by atoms with Gasteiger partial charge in [-0.1, -0.05) is 52.0 Å². The molecule has 1 aliphatic carbocycles. The van der Waals surface area contributed by atoms with Gasteiger partial charge in [-0.2, -0.15) is 0 Å². The zero-order valence-corrected chi connectivity index (χ0v) is 23.8. The van der Waals surface area contributed by atoms with Crippen LogP contribution in [0, 0.1) is 23.7 Å². The third kappa shape index (κ3) is 7.87. The van der Waals surface area contributed by atoms with Gasteiger partial charge in [-0.3, -0.25) is 19.2 Å². The van der Waals surface area contributed by atoms with Gasteiger partial charge >= 0.3 is 5.97 Å². The number of hydrogen-bond donors (Lipinski definition) is 2. The second-order valence-electron chi connectivity index (χ2n) is 10.7. The number of nitrogens with two attached hydrogens (primary N) is 1. The first-order chi connectivity index (χ1) is 17.8. The minimum Gasteiger partial charge on any atom is -0.457 e. The van der Waals surface area contributed by atoms with E-state index in [9.17, 15) is 19.2 Å². The molecule has 3 N–H and O–H groups in total. The van der Waals surface area contributed by atoms with Crippen molar-refractivity contribution < 1.29 is 28.7 Å². The monoisotopic (exact) mass is 526 g/mol. The molecule has 0 aromatic carbocycles. The normalized spacial score (nSPS) is 33.9. The van der Waals surface area contributed by atoms with Crippen LogP contribution in [0.25, 0.3) is 0 Å². The van der Waals surface area contributed by atoms with Gasteiger partial charge in [-0.05, 0) is 50.0 Å². The van der Waals surface area contributed by atoms with Crippen LogP contribution in [0.4, 0.5) is 0 Å². The fourth-order valence-electron chi connectivity index (χ4n) is 4.92. The van der Waals surface area contributed by atoms with Crippen LogP contribution in [-0.4, -0.2) is 42.8 Å². The minimum absolute atomic E-state index is 0.0261. The van der Waals surface area contributed by atoms with Crippen LogP contribution in [0.2, 0.25) is 0 Å². The number of amides is 1. The lowest BCUT2D eigenvalue weighted by Gasteiger charge is -2.30. The van der Waals surface area contributed by atoms with Crippen molar-refractivity contribution in [2.75, 3.05) is 7.11 Å². The van der Waals surface area contributed by atoms with Gasteiger partial charge in [0, 0.05) is 37.2 Å². The fourth-order valence-corrected chi connectivity index (χ4v) is 4.92. The molecule has 0 fully saturated rings. The summed E-state index contributed by atoms with van der Waals surface area (Å²) in [5.74, 6) is -1.80. The van der Waals surface area contributed by atoms with Crippen molar-refractivity contribution in [3.63, 3.8) is 0 Å². The van der Waals surface area contributed by atoms with Gasteiger partial charge in [0.2, 0.25) is 11.6 Å². The van der Waals surface area contributed by atoms with Crippen LogP contribution in [0.5, 0.6) is 0 Å². The number of fused-ring (bicyclic) bond motifs is 2. The van der Waals surface area contributed by atoms with E-state index in [4.69, 9.17) is 15.2 Å². The number of methoxy groups -OCH3 is 1. The van der Waals surface area contributed by atoms with Crippen molar-refractivity contribution in [3.8, 4) is 0 Å². The number of carbonyl (C=O) groups excluding carboxylic acids is 4. The first-order valence-electron chi connectivity index (χ1n) is 13.1. The smallest absolute Gasteiger partial charge is 0.303 e. The summed E-state index contributed by atoms with van der Waals surface area (Å²) in [6, 6.07) is 0. The van der Waals surface area contributed by atoms with Gasteiger partial charge in [0.25, 0.3) is 5.91 Å². The summed E-state index contributed by atoms with van der Waals surface area (Å²) in [6.07, 6.45) is 8.70. The molecule has 2 bridgehead atoms. The van der Waals surface area contributed by atoms with Gasteiger partial charge in [-0.15, -0.1) is 0 Å². The molecule has 8 heteroatoms. The van der Waals surface area contributed by atoms with E-state index >= 15 is 0 Å². The Bertz CT molecular complexity index is 1110. The highest BCUT2D eigenvalue weighted by Gasteiger charge is 2.31. The lowest BCUT2D eigenvalue weighted by Crippen LogP contribution is -2.35. The highest BCUT2D eigenvalue weighted by molar-refractivity contribution is 6.23. The Hall–Kier alpha value is -3.26. The number of carbonyl (C=O) groups is 4. The fraction of sp³-hybridized carbons (Fsp3) is 0.533. The molecule has 1 heterocycles. The summed E-state index contributed by atoms with van der Waals surface area (Å²) in [4.78, 5) is 50.4. The van der Waals surface area contributed by atoms with Gasteiger partial charge in [0.1, 0.15) is 6.10 Å². The van der Waals surface area contributed by atoms with Crippen molar-refractivity contribution in [2.24, 2.45) is 29.4 Å². The maximum absolute atomic E-state index is 13.2. The molecular weight excluding hydrogens is 484 g/mol. The van der Waals surface area contributed by atoms with E-state index in [1.165, 1.54) is 6.92 Å². The Morgan fingerprint density at radius 3 is 2.34 bits per heavy atom. The Labute approximate surface area is 226 Å². The van der Waals surface area contributed by atoms with Gasteiger partial charge in [0.15, 0.2) is 0 Å². The zero-order chi connectivity index (χ0) is 28.7. The third-order valence-electron chi connectivity index (χ3n) is 7.40. The minimum atomic E-state index is -0.504. The van der Waals surface area contributed by atoms with Crippen LogP contribution in [-0.2, 0) is 28.7 Å². The van der Waals surface area contributed by atoms with E-state index in [2.05, 4.69) is 25.2 Å². The van der Waals surface area contributed by atoms with Gasteiger partial charge in [-0.25, -0.2) is 0 Å². The van der Waals surface area contributed by atoms with E-state index in [-0.39, 0.29) is 59.1 Å². The highest BCUT2D eigenvalue weighted by atomic mass is 16.5. The molecule has 0 spiro atoms. The van der Waals surface area contributed by atoms with Crippen LogP contribution in [0.3, 0.4) is 0 Å². The molecule has 6 atom stereocenters. The number of ether oxygens (including phenoxy) is 2. The Balaban J connectivity index is 2.54. The number of esters is 1. The lowest BCUT2D eigenvalue weighted by atomic mass is 9.81. The molecule has 0 saturated heterocycles. The number of nitrogens with one attached hydrogen (secondary N) is 1. The quantitative estimate of drug-likeness (QED) is 0.315. The Morgan fingerprint density at radius 2 is 1.74 bits per heavy atom. The summed E-state index contributed by atoms with van der Waals surface area (Å²) < 4.78 is 11.5. The number of ketones is 2. The van der Waals surface area contributed by atoms with Gasteiger partial charge < -0.3 is 20.5 Å². The number of Topliss-reactive ketones (excluding diaryl/α,β-unsaturated/α-hetero) is 1. The first kappa shape index (κ1) is 31.0. The maximum Gasteiger partial charge on any atom is 0.303 e. The summed E-state index contributed by atoms with van der Waals surface area (Å²) in [5.41, 5.74) is 7.34. The van der Waals surface area contributed by atoms with Gasteiger partial charge in [0.05, 0.1) is 17.5 Å². The molecule has 1 amide bonds. The van der Waals surface area contributed by atoms with Crippen LogP contribution >= 0.6 is 0 Å². The van der Waals surface area contributed by atoms with Crippen molar-refractivity contribution in [1.82, 2.24) is 5.32 Å². The molecule has 8 nitrogen and oxygen atoms in total. The van der Waals surface area contributed by atoms with Crippen LogP contribution < -0.4 is 11.1 Å². The predicted molar refractivity (Wildman–Crippen MR) is 146 cm³/mol. The second kappa shape index (κ2) is 13.5. The van der Waals surface area contributed by atoms with E-state index < -0.39 is 23.6 Å². The summed E-state index contributed by atoms with van der Waals surface area (Å²) in [7, 11) is 1.66. The van der Waals surface area contributed by atoms with Crippen LogP contribution in [0.1, 0.15) is 61.3 Å². The average Bonchev–Trinajstić information content (AvgIpc) is 2.85.